The number of fused-ring (bicyclic) bond motifs is 1. The van der Waals surface area contributed by atoms with Gasteiger partial charge in [-0.05, 0) is 17.7 Å². The van der Waals surface area contributed by atoms with Crippen LogP contribution in [0.25, 0.3) is 0 Å². The summed E-state index contributed by atoms with van der Waals surface area (Å²) in [6, 6.07) is 13.5. The fourth-order valence-corrected chi connectivity index (χ4v) is 4.54. The van der Waals surface area contributed by atoms with Crippen molar-refractivity contribution in [3.05, 3.63) is 99.5 Å². The Balaban J connectivity index is 1.43. The van der Waals surface area contributed by atoms with Crippen molar-refractivity contribution >= 4 is 23.2 Å². The average Bonchev–Trinajstić information content (AvgIpc) is 3.51. The molecular formula is C24H22N6O2S. The van der Waals surface area contributed by atoms with E-state index in [0.717, 1.165) is 21.8 Å². The second-order valence-electron chi connectivity index (χ2n) is 7.74. The van der Waals surface area contributed by atoms with E-state index < -0.39 is 0 Å². The van der Waals surface area contributed by atoms with Gasteiger partial charge in [0.05, 0.1) is 25.2 Å². The minimum Gasteiger partial charge on any atom is -0.344 e. The number of rotatable bonds is 6. The van der Waals surface area contributed by atoms with Gasteiger partial charge in [0.1, 0.15) is 5.01 Å². The fraction of sp³-hybridized carbons (Fsp3) is 0.208. The quantitative estimate of drug-likeness (QED) is 0.480. The number of benzene rings is 1. The molecule has 2 amide bonds. The fourth-order valence-electron chi connectivity index (χ4n) is 3.99. The normalized spacial score (nSPS) is 12.9. The molecule has 0 unspecified atom stereocenters. The van der Waals surface area contributed by atoms with E-state index in [1.165, 1.54) is 11.3 Å². The van der Waals surface area contributed by atoms with Gasteiger partial charge in [-0.1, -0.05) is 30.3 Å². The largest absolute Gasteiger partial charge is 0.344 e. The molecule has 9 heteroatoms. The number of amides is 2. The van der Waals surface area contributed by atoms with Crippen molar-refractivity contribution in [2.24, 2.45) is 0 Å². The molecule has 0 spiro atoms. The highest BCUT2D eigenvalue weighted by atomic mass is 32.1. The Labute approximate surface area is 194 Å². The topological polar surface area (TPSA) is 93.0 Å². The van der Waals surface area contributed by atoms with Crippen LogP contribution in [0.15, 0.2) is 66.4 Å². The van der Waals surface area contributed by atoms with E-state index in [9.17, 15) is 9.59 Å². The molecule has 0 fully saturated rings. The number of hydrogen-bond donors (Lipinski definition) is 1. The summed E-state index contributed by atoms with van der Waals surface area (Å²) in [6.07, 6.45) is 5.55. The molecule has 8 nitrogen and oxygen atoms in total. The second kappa shape index (κ2) is 9.33. The number of thiazole rings is 1. The minimum absolute atomic E-state index is 0.0984. The maximum Gasteiger partial charge on any atom is 0.272 e. The van der Waals surface area contributed by atoms with Crippen molar-refractivity contribution in [3.8, 4) is 0 Å². The predicted molar refractivity (Wildman–Crippen MR) is 124 cm³/mol. The Morgan fingerprint density at radius 3 is 2.73 bits per heavy atom. The van der Waals surface area contributed by atoms with Crippen LogP contribution in [0.2, 0.25) is 0 Å². The maximum atomic E-state index is 13.1. The zero-order valence-corrected chi connectivity index (χ0v) is 18.7. The lowest BCUT2D eigenvalue weighted by Gasteiger charge is -2.28. The van der Waals surface area contributed by atoms with Crippen LogP contribution >= 0.6 is 11.3 Å². The van der Waals surface area contributed by atoms with Gasteiger partial charge in [0.2, 0.25) is 0 Å². The monoisotopic (exact) mass is 458 g/mol. The van der Waals surface area contributed by atoms with Gasteiger partial charge in [0.15, 0.2) is 5.69 Å². The summed E-state index contributed by atoms with van der Waals surface area (Å²) in [5.74, 6) is -0.359. The molecule has 0 saturated carbocycles. The van der Waals surface area contributed by atoms with Gasteiger partial charge in [-0.2, -0.15) is 5.10 Å². The van der Waals surface area contributed by atoms with Crippen LogP contribution in [0.4, 0.5) is 0 Å². The van der Waals surface area contributed by atoms with E-state index in [4.69, 9.17) is 5.10 Å². The number of nitrogens with zero attached hydrogens (tertiary/aromatic N) is 5. The zero-order valence-electron chi connectivity index (χ0n) is 17.8. The van der Waals surface area contributed by atoms with E-state index in [1.54, 1.807) is 35.6 Å². The molecule has 33 heavy (non-hydrogen) atoms. The molecule has 3 aromatic heterocycles. The summed E-state index contributed by atoms with van der Waals surface area (Å²) in [6.45, 7) is 1.80. The van der Waals surface area contributed by atoms with Crippen LogP contribution in [-0.4, -0.2) is 43.0 Å². The van der Waals surface area contributed by atoms with Crippen LogP contribution in [0.5, 0.6) is 0 Å². The highest BCUT2D eigenvalue weighted by Gasteiger charge is 2.30. The van der Waals surface area contributed by atoms with E-state index in [-0.39, 0.29) is 11.8 Å². The van der Waals surface area contributed by atoms with Crippen molar-refractivity contribution < 1.29 is 9.59 Å². The summed E-state index contributed by atoms with van der Waals surface area (Å²) in [5.41, 5.74) is 3.79. The molecule has 0 atom stereocenters. The van der Waals surface area contributed by atoms with Gasteiger partial charge in [0.25, 0.3) is 11.8 Å². The molecule has 1 aliphatic rings. The smallest absolute Gasteiger partial charge is 0.272 e. The molecule has 1 N–H and O–H groups in total. The van der Waals surface area contributed by atoms with Crippen molar-refractivity contribution in [1.82, 2.24) is 30.0 Å². The molecule has 0 bridgehead atoms. The molecule has 5 rings (SSSR count). The summed E-state index contributed by atoms with van der Waals surface area (Å²) >= 11 is 1.49. The van der Waals surface area contributed by atoms with E-state index >= 15 is 0 Å². The first-order valence-electron chi connectivity index (χ1n) is 10.7. The van der Waals surface area contributed by atoms with E-state index in [0.29, 0.717) is 43.9 Å². The number of hydrogen-bond acceptors (Lipinski definition) is 6. The van der Waals surface area contributed by atoms with Crippen molar-refractivity contribution in [1.29, 1.82) is 0 Å². The summed E-state index contributed by atoms with van der Waals surface area (Å²) in [5, 5.41) is 10.3. The Morgan fingerprint density at radius 2 is 1.97 bits per heavy atom. The lowest BCUT2D eigenvalue weighted by atomic mass is 10.0. The SMILES string of the molecule is O=C(NCc1nccs1)c1nn(Cc2ccccc2)c2c1CN(C(=O)c1cccnc1)CC2. The van der Waals surface area contributed by atoms with Gasteiger partial charge in [-0.15, -0.1) is 11.3 Å². The number of nitrogens with one attached hydrogen (secondary N) is 1. The zero-order chi connectivity index (χ0) is 22.6. The third-order valence-corrected chi connectivity index (χ3v) is 6.38. The first-order valence-corrected chi connectivity index (χ1v) is 11.6. The first kappa shape index (κ1) is 21.0. The minimum atomic E-state index is -0.260. The third-order valence-electron chi connectivity index (χ3n) is 5.60. The highest BCUT2D eigenvalue weighted by molar-refractivity contribution is 7.09. The van der Waals surface area contributed by atoms with Crippen LogP contribution in [-0.2, 0) is 26.1 Å². The Hall–Kier alpha value is -3.85. The second-order valence-corrected chi connectivity index (χ2v) is 8.72. The summed E-state index contributed by atoms with van der Waals surface area (Å²) in [7, 11) is 0. The lowest BCUT2D eigenvalue weighted by molar-refractivity contribution is 0.0730. The van der Waals surface area contributed by atoms with Crippen LogP contribution in [0, 0.1) is 0 Å². The number of aromatic nitrogens is 4. The third kappa shape index (κ3) is 4.54. The maximum absolute atomic E-state index is 13.1. The molecule has 166 valence electrons. The number of carbonyl (C=O) groups excluding carboxylic acids is 2. The van der Waals surface area contributed by atoms with Crippen LogP contribution < -0.4 is 5.32 Å². The molecule has 0 radical (unpaired) electrons. The average molecular weight is 459 g/mol. The summed E-state index contributed by atoms with van der Waals surface area (Å²) in [4.78, 5) is 36.2. The molecule has 0 aliphatic carbocycles. The molecule has 0 saturated heterocycles. The number of carbonyl (C=O) groups is 2. The van der Waals surface area contributed by atoms with Gasteiger partial charge in [-0.3, -0.25) is 19.3 Å². The van der Waals surface area contributed by atoms with Gasteiger partial charge in [0, 0.05) is 48.2 Å². The molecular weight excluding hydrogens is 436 g/mol. The predicted octanol–water partition coefficient (Wildman–Crippen LogP) is 2.91. The van der Waals surface area contributed by atoms with E-state index in [1.807, 2.05) is 40.4 Å². The molecule has 1 aliphatic heterocycles. The van der Waals surface area contributed by atoms with Crippen molar-refractivity contribution in [2.75, 3.05) is 6.54 Å². The summed E-state index contributed by atoms with van der Waals surface area (Å²) < 4.78 is 1.90. The van der Waals surface area contributed by atoms with Crippen molar-refractivity contribution in [2.45, 2.75) is 26.1 Å². The van der Waals surface area contributed by atoms with Gasteiger partial charge < -0.3 is 10.2 Å². The molecule has 1 aromatic carbocycles. The Bertz CT molecular complexity index is 1260. The first-order chi connectivity index (χ1) is 16.2. The Morgan fingerprint density at radius 1 is 1.09 bits per heavy atom. The Kier molecular flexibility index (Phi) is 5.95. The van der Waals surface area contributed by atoms with E-state index in [2.05, 4.69) is 15.3 Å². The molecule has 4 heterocycles. The standard InChI is InChI=1S/C24H22N6O2S/c31-23(27-14-21-26-10-12-33-21)22-19-16-29(24(32)18-7-4-9-25-13-18)11-8-20(19)30(28-22)15-17-5-2-1-3-6-17/h1-7,9-10,12-13H,8,11,14-16H2,(H,27,31). The van der Waals surface area contributed by atoms with Crippen LogP contribution in [0.1, 0.15) is 42.7 Å². The lowest BCUT2D eigenvalue weighted by Crippen LogP contribution is -2.37. The van der Waals surface area contributed by atoms with Crippen LogP contribution in [0.3, 0.4) is 0 Å². The van der Waals surface area contributed by atoms with Gasteiger partial charge in [-0.25, -0.2) is 4.98 Å². The number of pyridine rings is 1. The van der Waals surface area contributed by atoms with Gasteiger partial charge >= 0.3 is 0 Å². The van der Waals surface area contributed by atoms with Crippen molar-refractivity contribution in [3.63, 3.8) is 0 Å². The molecule has 4 aromatic rings. The highest BCUT2D eigenvalue weighted by Crippen LogP contribution is 2.25.